The summed E-state index contributed by atoms with van der Waals surface area (Å²) in [5.74, 6) is -1.21. The Hall–Kier alpha value is -1.30. The number of carboxylic acid groups (broad SMARTS) is 1. The van der Waals surface area contributed by atoms with E-state index in [0.29, 0.717) is 6.42 Å². The fraction of sp³-hybridized carbons (Fsp3) is 0.867. The fourth-order valence-electron chi connectivity index (χ4n) is 3.34. The Labute approximate surface area is 126 Å². The van der Waals surface area contributed by atoms with Crippen LogP contribution in [0.5, 0.6) is 0 Å². The third-order valence-corrected chi connectivity index (χ3v) is 4.59. The molecule has 2 atom stereocenters. The fourth-order valence-corrected chi connectivity index (χ4v) is 3.34. The highest BCUT2D eigenvalue weighted by molar-refractivity contribution is 5.77. The molecule has 120 valence electrons. The predicted molar refractivity (Wildman–Crippen MR) is 80.2 cm³/mol. The molecule has 2 aliphatic rings. The topological polar surface area (TPSA) is 72.9 Å². The van der Waals surface area contributed by atoms with Crippen molar-refractivity contribution >= 4 is 12.0 Å². The van der Waals surface area contributed by atoms with E-state index >= 15 is 0 Å². The van der Waals surface area contributed by atoms with Crippen molar-refractivity contribution in [3.8, 4) is 0 Å². The van der Waals surface area contributed by atoms with Gasteiger partial charge in [0.2, 0.25) is 0 Å². The first-order valence-corrected chi connectivity index (χ1v) is 8.12. The number of piperazine rings is 1. The lowest BCUT2D eigenvalue weighted by Gasteiger charge is -2.36. The molecule has 1 heterocycles. The molecule has 1 aliphatic carbocycles. The lowest BCUT2D eigenvalue weighted by atomic mass is 9.84. The molecule has 1 saturated carbocycles. The number of hydrogen-bond acceptors (Lipinski definition) is 3. The van der Waals surface area contributed by atoms with Gasteiger partial charge in [-0.1, -0.05) is 19.8 Å². The summed E-state index contributed by atoms with van der Waals surface area (Å²) in [5, 5.41) is 12.2. The molecular formula is C15H27N3O3. The van der Waals surface area contributed by atoms with E-state index in [2.05, 4.69) is 17.1 Å². The van der Waals surface area contributed by atoms with Crippen molar-refractivity contribution in [3.63, 3.8) is 0 Å². The smallest absolute Gasteiger partial charge is 0.317 e. The first kappa shape index (κ1) is 16.1. The van der Waals surface area contributed by atoms with Gasteiger partial charge in [0.25, 0.3) is 0 Å². The highest BCUT2D eigenvalue weighted by Crippen LogP contribution is 2.24. The molecule has 2 rings (SSSR count). The van der Waals surface area contributed by atoms with Gasteiger partial charge in [-0.2, -0.15) is 0 Å². The van der Waals surface area contributed by atoms with E-state index in [4.69, 9.17) is 0 Å². The summed E-state index contributed by atoms with van der Waals surface area (Å²) in [7, 11) is 0. The number of carbonyl (C=O) groups excluding carboxylic acids is 1. The quantitative estimate of drug-likeness (QED) is 0.822. The lowest BCUT2D eigenvalue weighted by Crippen LogP contribution is -2.55. The number of rotatable bonds is 4. The minimum absolute atomic E-state index is 0.0932. The molecule has 0 aromatic rings. The van der Waals surface area contributed by atoms with Crippen molar-refractivity contribution in [2.45, 2.75) is 45.1 Å². The summed E-state index contributed by atoms with van der Waals surface area (Å²) >= 11 is 0. The summed E-state index contributed by atoms with van der Waals surface area (Å²) in [6, 6.07) is -0.304. The van der Waals surface area contributed by atoms with Crippen LogP contribution in [-0.2, 0) is 4.79 Å². The van der Waals surface area contributed by atoms with Gasteiger partial charge in [0.15, 0.2) is 0 Å². The molecule has 1 saturated heterocycles. The Kier molecular flexibility index (Phi) is 5.85. The molecule has 2 N–H and O–H groups in total. The van der Waals surface area contributed by atoms with Crippen LogP contribution >= 0.6 is 0 Å². The van der Waals surface area contributed by atoms with Gasteiger partial charge in [0, 0.05) is 32.2 Å². The minimum Gasteiger partial charge on any atom is -0.481 e. The van der Waals surface area contributed by atoms with Crippen LogP contribution in [0.25, 0.3) is 0 Å². The molecule has 0 spiro atoms. The summed E-state index contributed by atoms with van der Waals surface area (Å²) in [6.07, 6.45) is 4.52. The van der Waals surface area contributed by atoms with Crippen LogP contribution in [0.1, 0.15) is 39.0 Å². The number of carbonyl (C=O) groups is 2. The summed E-state index contributed by atoms with van der Waals surface area (Å²) < 4.78 is 0. The Bertz CT molecular complexity index is 367. The number of carboxylic acids is 1. The summed E-state index contributed by atoms with van der Waals surface area (Å²) in [4.78, 5) is 27.8. The zero-order valence-electron chi connectivity index (χ0n) is 12.9. The Morgan fingerprint density at radius 1 is 1.14 bits per heavy atom. The number of aliphatic carboxylic acids is 1. The van der Waals surface area contributed by atoms with Crippen molar-refractivity contribution in [3.05, 3.63) is 0 Å². The van der Waals surface area contributed by atoms with Gasteiger partial charge >= 0.3 is 12.0 Å². The number of nitrogens with one attached hydrogen (secondary N) is 1. The number of nitrogens with zero attached hydrogens (tertiary/aromatic N) is 2. The molecule has 0 radical (unpaired) electrons. The van der Waals surface area contributed by atoms with Gasteiger partial charge in [0.1, 0.15) is 0 Å². The third kappa shape index (κ3) is 4.33. The van der Waals surface area contributed by atoms with Crippen LogP contribution in [0.15, 0.2) is 0 Å². The van der Waals surface area contributed by atoms with Crippen molar-refractivity contribution in [2.75, 3.05) is 32.7 Å². The van der Waals surface area contributed by atoms with Gasteiger partial charge in [-0.3, -0.25) is 9.69 Å². The second-order valence-electron chi connectivity index (χ2n) is 6.11. The van der Waals surface area contributed by atoms with E-state index < -0.39 is 11.9 Å². The van der Waals surface area contributed by atoms with Crippen LogP contribution in [0.4, 0.5) is 4.79 Å². The standard InChI is InChI=1S/C15H27N3O3/c1-2-7-17-8-10-18(11-9-17)15(21)16-13-6-4-3-5-12(13)14(19)20/h12-13H,2-11H2,1H3,(H,16,21)(H,19,20). The van der Waals surface area contributed by atoms with Crippen molar-refractivity contribution in [2.24, 2.45) is 5.92 Å². The molecule has 6 heteroatoms. The van der Waals surface area contributed by atoms with Gasteiger partial charge in [-0.05, 0) is 25.8 Å². The Morgan fingerprint density at radius 3 is 2.43 bits per heavy atom. The first-order valence-electron chi connectivity index (χ1n) is 8.12. The van der Waals surface area contributed by atoms with Crippen molar-refractivity contribution in [1.82, 2.24) is 15.1 Å². The zero-order chi connectivity index (χ0) is 15.2. The Balaban J connectivity index is 1.82. The van der Waals surface area contributed by atoms with E-state index in [1.807, 2.05) is 4.90 Å². The number of urea groups is 1. The molecule has 1 aliphatic heterocycles. The third-order valence-electron chi connectivity index (χ3n) is 4.59. The van der Waals surface area contributed by atoms with Gasteiger partial charge in [-0.15, -0.1) is 0 Å². The maximum absolute atomic E-state index is 12.3. The highest BCUT2D eigenvalue weighted by Gasteiger charge is 2.33. The highest BCUT2D eigenvalue weighted by atomic mass is 16.4. The van der Waals surface area contributed by atoms with E-state index in [1.165, 1.54) is 0 Å². The maximum Gasteiger partial charge on any atom is 0.317 e. The lowest BCUT2D eigenvalue weighted by molar-refractivity contribution is -0.143. The number of hydrogen-bond donors (Lipinski definition) is 2. The number of amides is 2. The zero-order valence-corrected chi connectivity index (χ0v) is 12.9. The first-order chi connectivity index (χ1) is 10.1. The van der Waals surface area contributed by atoms with Crippen LogP contribution in [-0.4, -0.2) is 65.7 Å². The van der Waals surface area contributed by atoms with Gasteiger partial charge in [0.05, 0.1) is 5.92 Å². The molecule has 0 bridgehead atoms. The molecule has 0 aromatic heterocycles. The van der Waals surface area contributed by atoms with Crippen LogP contribution in [0, 0.1) is 5.92 Å². The largest absolute Gasteiger partial charge is 0.481 e. The molecule has 2 unspecified atom stereocenters. The van der Waals surface area contributed by atoms with Crippen LogP contribution in [0.3, 0.4) is 0 Å². The Morgan fingerprint density at radius 2 is 1.81 bits per heavy atom. The van der Waals surface area contributed by atoms with Crippen LogP contribution in [0.2, 0.25) is 0 Å². The van der Waals surface area contributed by atoms with Crippen molar-refractivity contribution in [1.29, 1.82) is 0 Å². The molecule has 2 amide bonds. The molecule has 0 aromatic carbocycles. The molecule has 2 fully saturated rings. The SMILES string of the molecule is CCCN1CCN(C(=O)NC2CCCCC2C(=O)O)CC1. The summed E-state index contributed by atoms with van der Waals surface area (Å²) in [6.45, 7) is 6.53. The normalized spacial score (nSPS) is 27.4. The minimum atomic E-state index is -0.784. The van der Waals surface area contributed by atoms with Gasteiger partial charge in [-0.25, -0.2) is 4.79 Å². The van der Waals surface area contributed by atoms with Gasteiger partial charge < -0.3 is 15.3 Å². The van der Waals surface area contributed by atoms with E-state index in [-0.39, 0.29) is 12.1 Å². The monoisotopic (exact) mass is 297 g/mol. The van der Waals surface area contributed by atoms with E-state index in [0.717, 1.165) is 58.4 Å². The summed E-state index contributed by atoms with van der Waals surface area (Å²) in [5.41, 5.74) is 0. The predicted octanol–water partition coefficient (Wildman–Crippen LogP) is 1.37. The van der Waals surface area contributed by atoms with Crippen LogP contribution < -0.4 is 5.32 Å². The average molecular weight is 297 g/mol. The van der Waals surface area contributed by atoms with E-state index in [9.17, 15) is 14.7 Å². The molecular weight excluding hydrogens is 270 g/mol. The molecule has 6 nitrogen and oxygen atoms in total. The van der Waals surface area contributed by atoms with Crippen molar-refractivity contribution < 1.29 is 14.7 Å². The van der Waals surface area contributed by atoms with E-state index in [1.54, 1.807) is 0 Å². The average Bonchev–Trinajstić information content (AvgIpc) is 2.48. The maximum atomic E-state index is 12.3. The molecule has 21 heavy (non-hydrogen) atoms. The second kappa shape index (κ2) is 7.64. The second-order valence-corrected chi connectivity index (χ2v) is 6.11.